The van der Waals surface area contributed by atoms with Crippen LogP contribution in [0.4, 0.5) is 4.39 Å². The van der Waals surface area contributed by atoms with Crippen LogP contribution >= 0.6 is 15.9 Å². The van der Waals surface area contributed by atoms with Gasteiger partial charge in [-0.2, -0.15) is 0 Å². The number of amidine groups is 1. The molecule has 0 bridgehead atoms. The minimum absolute atomic E-state index is 0.0301. The molecule has 3 N–H and O–H groups in total. The Morgan fingerprint density at radius 3 is 2.60 bits per heavy atom. The number of oxime groups is 1. The van der Waals surface area contributed by atoms with Gasteiger partial charge in [0.15, 0.2) is 5.84 Å². The van der Waals surface area contributed by atoms with E-state index in [4.69, 9.17) is 15.7 Å². The van der Waals surface area contributed by atoms with Gasteiger partial charge in [0.05, 0.1) is 0 Å². The molecular weight excluding hydrogens is 327 g/mol. The van der Waals surface area contributed by atoms with Gasteiger partial charge in [-0.25, -0.2) is 4.39 Å². The highest BCUT2D eigenvalue weighted by Crippen LogP contribution is 2.27. The Hall–Kier alpha value is -2.08. The number of benzene rings is 2. The summed E-state index contributed by atoms with van der Waals surface area (Å²) in [5.41, 5.74) is 6.94. The largest absolute Gasteiger partial charge is 0.457 e. The molecule has 0 spiro atoms. The molecule has 20 heavy (non-hydrogen) atoms. The smallest absolute Gasteiger partial charge is 0.170 e. The highest BCUT2D eigenvalue weighted by molar-refractivity contribution is 9.10. The van der Waals surface area contributed by atoms with Crippen LogP contribution in [0, 0.1) is 12.7 Å². The van der Waals surface area contributed by atoms with Crippen molar-refractivity contribution in [3.8, 4) is 11.5 Å². The van der Waals surface area contributed by atoms with Crippen LogP contribution in [0.15, 0.2) is 46.0 Å². The lowest BCUT2D eigenvalue weighted by Crippen LogP contribution is -2.14. The van der Waals surface area contributed by atoms with Crippen LogP contribution in [-0.2, 0) is 0 Å². The minimum Gasteiger partial charge on any atom is -0.457 e. The molecule has 0 unspecified atom stereocenters. The van der Waals surface area contributed by atoms with Crippen molar-refractivity contribution in [1.29, 1.82) is 0 Å². The molecule has 0 amide bonds. The molecular formula is C14H12BrFN2O2. The Morgan fingerprint density at radius 1 is 1.25 bits per heavy atom. The van der Waals surface area contributed by atoms with Crippen LogP contribution in [0.1, 0.15) is 11.1 Å². The highest BCUT2D eigenvalue weighted by atomic mass is 79.9. The van der Waals surface area contributed by atoms with E-state index in [-0.39, 0.29) is 11.7 Å². The summed E-state index contributed by atoms with van der Waals surface area (Å²) in [5, 5.41) is 11.6. The van der Waals surface area contributed by atoms with Crippen molar-refractivity contribution < 1.29 is 14.3 Å². The van der Waals surface area contributed by atoms with Gasteiger partial charge in [-0.1, -0.05) is 21.1 Å². The maximum Gasteiger partial charge on any atom is 0.170 e. The van der Waals surface area contributed by atoms with E-state index in [0.29, 0.717) is 21.5 Å². The molecule has 2 rings (SSSR count). The summed E-state index contributed by atoms with van der Waals surface area (Å²) >= 11 is 3.20. The number of aryl methyl sites for hydroxylation is 1. The molecule has 0 saturated carbocycles. The summed E-state index contributed by atoms with van der Waals surface area (Å²) in [4.78, 5) is 0. The zero-order chi connectivity index (χ0) is 14.7. The zero-order valence-corrected chi connectivity index (χ0v) is 12.2. The Kier molecular flexibility index (Phi) is 4.24. The molecule has 0 aromatic heterocycles. The maximum absolute atomic E-state index is 13.3. The zero-order valence-electron chi connectivity index (χ0n) is 10.6. The van der Waals surface area contributed by atoms with Crippen LogP contribution < -0.4 is 10.5 Å². The van der Waals surface area contributed by atoms with Crippen molar-refractivity contribution in [3.05, 3.63) is 57.8 Å². The van der Waals surface area contributed by atoms with E-state index >= 15 is 0 Å². The fourth-order valence-electron chi connectivity index (χ4n) is 1.76. The predicted octanol–water partition coefficient (Wildman–Crippen LogP) is 3.78. The molecule has 0 saturated heterocycles. The van der Waals surface area contributed by atoms with Gasteiger partial charge in [0.1, 0.15) is 17.3 Å². The molecule has 4 nitrogen and oxygen atoms in total. The van der Waals surface area contributed by atoms with E-state index in [1.807, 2.05) is 6.92 Å². The predicted molar refractivity (Wildman–Crippen MR) is 77.9 cm³/mol. The molecule has 0 aliphatic rings. The van der Waals surface area contributed by atoms with Crippen LogP contribution in [0.5, 0.6) is 11.5 Å². The van der Waals surface area contributed by atoms with Crippen LogP contribution in [0.2, 0.25) is 0 Å². The van der Waals surface area contributed by atoms with Crippen LogP contribution in [0.25, 0.3) is 0 Å². The Labute approximate surface area is 123 Å². The number of rotatable bonds is 3. The molecule has 0 aliphatic heterocycles. The van der Waals surface area contributed by atoms with Gasteiger partial charge in [-0.3, -0.25) is 0 Å². The summed E-state index contributed by atoms with van der Waals surface area (Å²) in [6, 6.07) is 9.37. The second-order valence-electron chi connectivity index (χ2n) is 4.17. The molecule has 2 aromatic rings. The van der Waals surface area contributed by atoms with Gasteiger partial charge in [-0.05, 0) is 42.8 Å². The van der Waals surface area contributed by atoms with Gasteiger partial charge in [-0.15, -0.1) is 0 Å². The lowest BCUT2D eigenvalue weighted by molar-refractivity contribution is 0.318. The topological polar surface area (TPSA) is 67.8 Å². The lowest BCUT2D eigenvalue weighted by atomic mass is 10.1. The quantitative estimate of drug-likeness (QED) is 0.387. The van der Waals surface area contributed by atoms with Crippen molar-refractivity contribution in [1.82, 2.24) is 0 Å². The third-order valence-corrected chi connectivity index (χ3v) is 3.11. The van der Waals surface area contributed by atoms with Crippen molar-refractivity contribution in [2.45, 2.75) is 6.92 Å². The van der Waals surface area contributed by atoms with E-state index in [2.05, 4.69) is 21.1 Å². The molecule has 104 valence electrons. The standard InChI is InChI=1S/C14H12BrFN2O2/c1-8-4-11(2-3-13(8)14(17)18-19)20-12-6-9(15)5-10(16)7-12/h2-7,19H,1H3,(H2,17,18). The lowest BCUT2D eigenvalue weighted by Gasteiger charge is -2.09. The molecule has 0 heterocycles. The number of ether oxygens (including phenoxy) is 1. The first-order valence-electron chi connectivity index (χ1n) is 5.72. The van der Waals surface area contributed by atoms with Crippen LogP contribution in [-0.4, -0.2) is 11.0 Å². The molecule has 0 aliphatic carbocycles. The number of hydrogen-bond donors (Lipinski definition) is 2. The fourth-order valence-corrected chi connectivity index (χ4v) is 2.21. The normalized spacial score (nSPS) is 11.4. The van der Waals surface area contributed by atoms with E-state index in [1.54, 1.807) is 24.3 Å². The second-order valence-corrected chi connectivity index (χ2v) is 5.08. The van der Waals surface area contributed by atoms with Crippen LogP contribution in [0.3, 0.4) is 0 Å². The Bertz CT molecular complexity index is 654. The third-order valence-electron chi connectivity index (χ3n) is 2.65. The van der Waals surface area contributed by atoms with E-state index in [1.165, 1.54) is 12.1 Å². The average Bonchev–Trinajstić information content (AvgIpc) is 2.36. The van der Waals surface area contributed by atoms with Gasteiger partial charge in [0.25, 0.3) is 0 Å². The summed E-state index contributed by atoms with van der Waals surface area (Å²) in [5.74, 6) is 0.559. The number of hydrogen-bond acceptors (Lipinski definition) is 3. The molecule has 6 heteroatoms. The number of halogens is 2. The van der Waals surface area contributed by atoms with Gasteiger partial charge in [0.2, 0.25) is 0 Å². The second kappa shape index (κ2) is 5.92. The minimum atomic E-state index is -0.389. The summed E-state index contributed by atoms with van der Waals surface area (Å²) in [7, 11) is 0. The number of nitrogens with two attached hydrogens (primary N) is 1. The summed E-state index contributed by atoms with van der Waals surface area (Å²) in [6.07, 6.45) is 0. The fraction of sp³-hybridized carbons (Fsp3) is 0.0714. The molecule has 0 radical (unpaired) electrons. The summed E-state index contributed by atoms with van der Waals surface area (Å²) in [6.45, 7) is 1.81. The molecule has 0 fully saturated rings. The van der Waals surface area contributed by atoms with Gasteiger partial charge >= 0.3 is 0 Å². The average molecular weight is 339 g/mol. The van der Waals surface area contributed by atoms with Crippen molar-refractivity contribution in [3.63, 3.8) is 0 Å². The van der Waals surface area contributed by atoms with Crippen molar-refractivity contribution >= 4 is 21.8 Å². The SMILES string of the molecule is Cc1cc(Oc2cc(F)cc(Br)c2)ccc1/C(N)=N/O. The maximum atomic E-state index is 13.3. The van der Waals surface area contributed by atoms with Crippen molar-refractivity contribution in [2.24, 2.45) is 10.9 Å². The third kappa shape index (κ3) is 3.27. The number of nitrogens with zero attached hydrogens (tertiary/aromatic N) is 1. The summed E-state index contributed by atoms with van der Waals surface area (Å²) < 4.78 is 19.4. The van der Waals surface area contributed by atoms with E-state index in [9.17, 15) is 4.39 Å². The van der Waals surface area contributed by atoms with E-state index in [0.717, 1.165) is 5.56 Å². The van der Waals surface area contributed by atoms with Crippen molar-refractivity contribution in [2.75, 3.05) is 0 Å². The first kappa shape index (κ1) is 14.3. The Balaban J connectivity index is 2.28. The first-order valence-corrected chi connectivity index (χ1v) is 6.51. The van der Waals surface area contributed by atoms with Gasteiger partial charge < -0.3 is 15.7 Å². The molecule has 0 atom stereocenters. The first-order chi connectivity index (χ1) is 9.49. The monoisotopic (exact) mass is 338 g/mol. The van der Waals surface area contributed by atoms with E-state index < -0.39 is 0 Å². The highest BCUT2D eigenvalue weighted by Gasteiger charge is 2.07. The van der Waals surface area contributed by atoms with Gasteiger partial charge in [0, 0.05) is 16.1 Å². The Morgan fingerprint density at radius 2 is 2.00 bits per heavy atom. The molecule has 2 aromatic carbocycles.